The Bertz CT molecular complexity index is 1020. The maximum Gasteiger partial charge on any atom is 0.343 e. The molecule has 0 N–H and O–H groups in total. The van der Waals surface area contributed by atoms with Gasteiger partial charge in [0.25, 0.3) is 0 Å². The van der Waals surface area contributed by atoms with Crippen molar-refractivity contribution in [1.29, 1.82) is 0 Å². The van der Waals surface area contributed by atoms with Gasteiger partial charge in [0.15, 0.2) is 0 Å². The fraction of sp³-hybridized carbons (Fsp3) is 0.261. The number of anilines is 1. The van der Waals surface area contributed by atoms with Crippen LogP contribution in [0.5, 0.6) is 5.75 Å². The number of amides is 1. The van der Waals surface area contributed by atoms with E-state index in [9.17, 15) is 9.59 Å². The minimum absolute atomic E-state index is 0.00925. The molecule has 2 aromatic carbocycles. The third-order valence-electron chi connectivity index (χ3n) is 4.56. The van der Waals surface area contributed by atoms with E-state index in [-0.39, 0.29) is 5.91 Å². The molecule has 150 valence electrons. The number of esters is 1. The topological polar surface area (TPSA) is 64.4 Å². The maximum absolute atomic E-state index is 12.5. The Morgan fingerprint density at radius 3 is 2.31 bits per heavy atom. The molecule has 1 aromatic heterocycles. The lowest BCUT2D eigenvalue weighted by atomic mass is 9.95. The van der Waals surface area contributed by atoms with E-state index in [1.807, 2.05) is 46.0 Å². The van der Waals surface area contributed by atoms with Gasteiger partial charge in [-0.05, 0) is 61.0 Å². The van der Waals surface area contributed by atoms with Crippen LogP contribution >= 0.6 is 0 Å². The second kappa shape index (κ2) is 7.91. The van der Waals surface area contributed by atoms with Crippen molar-refractivity contribution in [3.05, 3.63) is 72.1 Å². The Labute approximate surface area is 170 Å². The first kappa shape index (κ1) is 20.3. The number of aryl methyl sites for hydroxylation is 1. The first-order valence-corrected chi connectivity index (χ1v) is 9.38. The summed E-state index contributed by atoms with van der Waals surface area (Å²) in [6, 6.07) is 14.1. The van der Waals surface area contributed by atoms with Crippen LogP contribution in [-0.2, 0) is 4.79 Å². The predicted molar refractivity (Wildman–Crippen MR) is 113 cm³/mol. The molecule has 0 unspecified atom stereocenters. The number of nitrogens with zero attached hydrogens (tertiary/aromatic N) is 3. The van der Waals surface area contributed by atoms with Gasteiger partial charge in [-0.25, -0.2) is 9.48 Å². The summed E-state index contributed by atoms with van der Waals surface area (Å²) in [5.74, 6) is -0.00820. The molecule has 0 spiro atoms. The second-order valence-electron chi connectivity index (χ2n) is 7.95. The van der Waals surface area contributed by atoms with Crippen LogP contribution in [0.25, 0.3) is 5.69 Å². The predicted octanol–water partition coefficient (Wildman–Crippen LogP) is 4.41. The zero-order valence-corrected chi connectivity index (χ0v) is 17.3. The molecule has 3 rings (SSSR count). The molecule has 0 radical (unpaired) electrons. The summed E-state index contributed by atoms with van der Waals surface area (Å²) in [7, 11) is 1.73. The zero-order valence-electron chi connectivity index (χ0n) is 17.3. The van der Waals surface area contributed by atoms with Crippen LogP contribution in [0.15, 0.2) is 60.9 Å². The number of hydrogen-bond acceptors (Lipinski definition) is 4. The molecular weight excluding hydrogens is 366 g/mol. The molecule has 0 atom stereocenters. The summed E-state index contributed by atoms with van der Waals surface area (Å²) >= 11 is 0. The Hall–Kier alpha value is -3.41. The lowest BCUT2D eigenvalue weighted by Gasteiger charge is -2.26. The van der Waals surface area contributed by atoms with E-state index >= 15 is 0 Å². The van der Waals surface area contributed by atoms with E-state index in [0.29, 0.717) is 11.3 Å². The fourth-order valence-electron chi connectivity index (χ4n) is 2.97. The van der Waals surface area contributed by atoms with Crippen LogP contribution in [0.4, 0.5) is 5.69 Å². The first-order valence-electron chi connectivity index (χ1n) is 9.38. The van der Waals surface area contributed by atoms with E-state index in [1.54, 1.807) is 59.2 Å². The normalized spacial score (nSPS) is 11.2. The van der Waals surface area contributed by atoms with Gasteiger partial charge in [0.1, 0.15) is 5.75 Å². The molecule has 0 bridgehead atoms. The Kier molecular flexibility index (Phi) is 5.55. The van der Waals surface area contributed by atoms with Gasteiger partial charge in [0.05, 0.1) is 11.3 Å². The molecule has 3 aromatic rings. The lowest BCUT2D eigenvalue weighted by molar-refractivity contribution is -0.125. The number of carbonyl (C=O) groups is 2. The maximum atomic E-state index is 12.5. The largest absolute Gasteiger partial charge is 0.423 e. The monoisotopic (exact) mass is 391 g/mol. The van der Waals surface area contributed by atoms with Gasteiger partial charge in [-0.3, -0.25) is 4.79 Å². The van der Waals surface area contributed by atoms with Crippen LogP contribution in [0, 0.1) is 12.3 Å². The highest BCUT2D eigenvalue weighted by atomic mass is 16.5. The Balaban J connectivity index is 1.71. The van der Waals surface area contributed by atoms with E-state index in [4.69, 9.17) is 4.74 Å². The lowest BCUT2D eigenvalue weighted by Crippen LogP contribution is -2.36. The Morgan fingerprint density at radius 1 is 1.07 bits per heavy atom. The van der Waals surface area contributed by atoms with E-state index < -0.39 is 11.4 Å². The molecule has 0 saturated heterocycles. The van der Waals surface area contributed by atoms with Crippen molar-refractivity contribution < 1.29 is 14.3 Å². The molecule has 29 heavy (non-hydrogen) atoms. The van der Waals surface area contributed by atoms with Crippen molar-refractivity contribution in [2.75, 3.05) is 11.9 Å². The highest BCUT2D eigenvalue weighted by molar-refractivity contribution is 5.96. The van der Waals surface area contributed by atoms with Crippen LogP contribution in [0.2, 0.25) is 0 Å². The average molecular weight is 391 g/mol. The third-order valence-corrected chi connectivity index (χ3v) is 4.56. The second-order valence-corrected chi connectivity index (χ2v) is 7.95. The fourth-order valence-corrected chi connectivity index (χ4v) is 2.97. The van der Waals surface area contributed by atoms with Crippen molar-refractivity contribution >= 4 is 17.6 Å². The van der Waals surface area contributed by atoms with Gasteiger partial charge in [-0.1, -0.05) is 20.8 Å². The van der Waals surface area contributed by atoms with Crippen molar-refractivity contribution in [1.82, 2.24) is 9.78 Å². The van der Waals surface area contributed by atoms with Crippen molar-refractivity contribution in [3.8, 4) is 11.4 Å². The molecule has 1 amide bonds. The van der Waals surface area contributed by atoms with Gasteiger partial charge in [0, 0.05) is 30.5 Å². The van der Waals surface area contributed by atoms with Crippen LogP contribution in [-0.4, -0.2) is 28.7 Å². The van der Waals surface area contributed by atoms with Crippen molar-refractivity contribution in [3.63, 3.8) is 0 Å². The number of benzene rings is 2. The smallest absolute Gasteiger partial charge is 0.343 e. The summed E-state index contributed by atoms with van der Waals surface area (Å²) in [5, 5.41) is 4.21. The number of carbonyl (C=O) groups excluding carboxylic acids is 2. The van der Waals surface area contributed by atoms with Gasteiger partial charge < -0.3 is 9.64 Å². The summed E-state index contributed by atoms with van der Waals surface area (Å²) in [4.78, 5) is 26.5. The van der Waals surface area contributed by atoms with Gasteiger partial charge in [-0.15, -0.1) is 0 Å². The summed E-state index contributed by atoms with van der Waals surface area (Å²) in [6.45, 7) is 7.55. The quantitative estimate of drug-likeness (QED) is 0.488. The molecule has 0 aliphatic rings. The highest BCUT2D eigenvalue weighted by Crippen LogP contribution is 2.24. The number of hydrogen-bond donors (Lipinski definition) is 0. The average Bonchev–Trinajstić information content (AvgIpc) is 3.21. The molecule has 0 fully saturated rings. The first-order chi connectivity index (χ1) is 13.7. The molecule has 6 heteroatoms. The standard InChI is InChI=1S/C23H25N3O3/c1-16-15-17(7-12-20(16)26-14-6-13-24-26)21(27)29-19-10-8-18(9-11-19)25(5)22(28)23(2,3)4/h6-15H,1-5H3. The van der Waals surface area contributed by atoms with Crippen molar-refractivity contribution in [2.24, 2.45) is 5.41 Å². The van der Waals surface area contributed by atoms with Crippen LogP contribution in [0.3, 0.4) is 0 Å². The van der Waals surface area contributed by atoms with E-state index in [1.165, 1.54) is 0 Å². The molecular formula is C23H25N3O3. The minimum Gasteiger partial charge on any atom is -0.423 e. The molecule has 6 nitrogen and oxygen atoms in total. The van der Waals surface area contributed by atoms with Gasteiger partial charge >= 0.3 is 5.97 Å². The number of ether oxygens (including phenoxy) is 1. The van der Waals surface area contributed by atoms with Crippen LogP contribution in [0.1, 0.15) is 36.7 Å². The van der Waals surface area contributed by atoms with E-state index in [2.05, 4.69) is 5.10 Å². The summed E-state index contributed by atoms with van der Waals surface area (Å²) < 4.78 is 7.23. The van der Waals surface area contributed by atoms with E-state index in [0.717, 1.165) is 16.9 Å². The molecule has 0 saturated carbocycles. The SMILES string of the molecule is Cc1cc(C(=O)Oc2ccc(N(C)C(=O)C(C)(C)C)cc2)ccc1-n1cccn1. The minimum atomic E-state index is -0.472. The zero-order chi connectivity index (χ0) is 21.2. The van der Waals surface area contributed by atoms with Gasteiger partial charge in [0.2, 0.25) is 5.91 Å². The van der Waals surface area contributed by atoms with Crippen LogP contribution < -0.4 is 9.64 Å². The van der Waals surface area contributed by atoms with Gasteiger partial charge in [-0.2, -0.15) is 5.10 Å². The van der Waals surface area contributed by atoms with Crippen molar-refractivity contribution in [2.45, 2.75) is 27.7 Å². The molecule has 0 aliphatic carbocycles. The number of aromatic nitrogens is 2. The molecule has 0 aliphatic heterocycles. The number of rotatable bonds is 4. The third kappa shape index (κ3) is 4.54. The molecule has 1 heterocycles. The Morgan fingerprint density at radius 2 is 1.76 bits per heavy atom. The summed E-state index contributed by atoms with van der Waals surface area (Å²) in [6.07, 6.45) is 3.56. The highest BCUT2D eigenvalue weighted by Gasteiger charge is 2.25. The summed E-state index contributed by atoms with van der Waals surface area (Å²) in [5.41, 5.74) is 2.55.